The van der Waals surface area contributed by atoms with Gasteiger partial charge in [0, 0.05) is 32.6 Å². The lowest BCUT2D eigenvalue weighted by atomic mass is 9.96. The minimum Gasteiger partial charge on any atom is -0.496 e. The lowest BCUT2D eigenvalue weighted by Crippen LogP contribution is -2.40. The predicted molar refractivity (Wildman–Crippen MR) is 89.7 cm³/mol. The van der Waals surface area contributed by atoms with E-state index in [1.54, 1.807) is 13.0 Å². The zero-order valence-electron chi connectivity index (χ0n) is 13.4. The highest BCUT2D eigenvalue weighted by atomic mass is 35.5. The highest BCUT2D eigenvalue weighted by Crippen LogP contribution is 2.28. The molecule has 1 fully saturated rings. The maximum atomic E-state index is 12.3. The number of methoxy groups -OCH3 is 1. The van der Waals surface area contributed by atoms with Gasteiger partial charge >= 0.3 is 0 Å². The molecular formula is C16H22ClN3O3. The Labute approximate surface area is 140 Å². The molecule has 0 unspecified atom stereocenters. The summed E-state index contributed by atoms with van der Waals surface area (Å²) in [5.41, 5.74) is 6.46. The smallest absolute Gasteiger partial charge is 0.255 e. The minimum absolute atomic E-state index is 0.105. The van der Waals surface area contributed by atoms with Crippen molar-refractivity contribution < 1.29 is 14.3 Å². The van der Waals surface area contributed by atoms with Gasteiger partial charge < -0.3 is 20.7 Å². The fraction of sp³-hybridized carbons (Fsp3) is 0.500. The van der Waals surface area contributed by atoms with Gasteiger partial charge in [0.25, 0.3) is 5.91 Å². The number of anilines is 1. The number of hydrogen-bond acceptors (Lipinski definition) is 4. The normalized spacial score (nSPS) is 15.3. The van der Waals surface area contributed by atoms with Crippen molar-refractivity contribution in [2.45, 2.75) is 19.8 Å². The summed E-state index contributed by atoms with van der Waals surface area (Å²) in [5.74, 6) is 0.632. The van der Waals surface area contributed by atoms with Crippen LogP contribution in [0.15, 0.2) is 12.1 Å². The Kier molecular flexibility index (Phi) is 5.71. The number of nitrogen functional groups attached to an aromatic ring is 1. The average molecular weight is 340 g/mol. The van der Waals surface area contributed by atoms with Crippen LogP contribution in [0.25, 0.3) is 0 Å². The number of rotatable bonds is 4. The zero-order valence-corrected chi connectivity index (χ0v) is 14.2. The van der Waals surface area contributed by atoms with E-state index in [1.165, 1.54) is 13.2 Å². The van der Waals surface area contributed by atoms with E-state index in [1.807, 2.05) is 4.90 Å². The molecular weight excluding hydrogens is 318 g/mol. The lowest BCUT2D eigenvalue weighted by Gasteiger charge is -2.31. The summed E-state index contributed by atoms with van der Waals surface area (Å²) < 4.78 is 5.19. The third kappa shape index (κ3) is 4.28. The Morgan fingerprint density at radius 1 is 1.39 bits per heavy atom. The van der Waals surface area contributed by atoms with Crippen LogP contribution in [0.4, 0.5) is 5.69 Å². The van der Waals surface area contributed by atoms with Gasteiger partial charge in [0.05, 0.1) is 23.4 Å². The molecule has 2 amide bonds. The Morgan fingerprint density at radius 2 is 2.04 bits per heavy atom. The molecule has 1 heterocycles. The van der Waals surface area contributed by atoms with Crippen molar-refractivity contribution >= 4 is 29.1 Å². The van der Waals surface area contributed by atoms with Gasteiger partial charge in [-0.1, -0.05) is 11.6 Å². The number of amides is 2. The van der Waals surface area contributed by atoms with Gasteiger partial charge in [0.2, 0.25) is 5.91 Å². The van der Waals surface area contributed by atoms with Crippen molar-refractivity contribution in [3.05, 3.63) is 22.7 Å². The van der Waals surface area contributed by atoms with Gasteiger partial charge in [-0.25, -0.2) is 0 Å². The van der Waals surface area contributed by atoms with E-state index in [-0.39, 0.29) is 11.8 Å². The number of carbonyl (C=O) groups excluding carboxylic acids is 2. The molecule has 1 aliphatic heterocycles. The fourth-order valence-corrected chi connectivity index (χ4v) is 2.86. The van der Waals surface area contributed by atoms with Crippen LogP contribution in [0.2, 0.25) is 5.02 Å². The number of likely N-dealkylation sites (tertiary alicyclic amines) is 1. The summed E-state index contributed by atoms with van der Waals surface area (Å²) in [6, 6.07) is 3.06. The summed E-state index contributed by atoms with van der Waals surface area (Å²) in [6.07, 6.45) is 1.78. The first kappa shape index (κ1) is 17.4. The first-order valence-corrected chi connectivity index (χ1v) is 7.97. The van der Waals surface area contributed by atoms with E-state index >= 15 is 0 Å². The van der Waals surface area contributed by atoms with Crippen LogP contribution in [0.3, 0.4) is 0 Å². The number of nitrogens with zero attached hydrogens (tertiary/aromatic N) is 1. The highest BCUT2D eigenvalue weighted by molar-refractivity contribution is 6.33. The van der Waals surface area contributed by atoms with Gasteiger partial charge in [-0.05, 0) is 24.8 Å². The summed E-state index contributed by atoms with van der Waals surface area (Å²) in [7, 11) is 1.48. The Morgan fingerprint density at radius 3 is 2.61 bits per heavy atom. The molecule has 1 aliphatic rings. The Balaban J connectivity index is 1.93. The number of ether oxygens (including phenoxy) is 1. The van der Waals surface area contributed by atoms with Crippen molar-refractivity contribution in [1.29, 1.82) is 0 Å². The van der Waals surface area contributed by atoms with Crippen molar-refractivity contribution in [3.63, 3.8) is 0 Å². The molecule has 0 saturated carbocycles. The van der Waals surface area contributed by atoms with Crippen LogP contribution in [0.5, 0.6) is 5.75 Å². The van der Waals surface area contributed by atoms with Gasteiger partial charge in [0.15, 0.2) is 0 Å². The van der Waals surface area contributed by atoms with Crippen molar-refractivity contribution in [2.75, 3.05) is 32.5 Å². The monoisotopic (exact) mass is 339 g/mol. The van der Waals surface area contributed by atoms with Crippen LogP contribution in [0, 0.1) is 5.92 Å². The molecule has 0 aliphatic carbocycles. The zero-order chi connectivity index (χ0) is 17.0. The standard InChI is InChI=1S/C16H22ClN3O3/c1-10(21)20-5-3-11(4-6-20)9-19-16(22)12-7-13(17)14(18)8-15(12)23-2/h7-8,11H,3-6,9,18H2,1-2H3,(H,19,22). The third-order valence-electron chi connectivity index (χ3n) is 4.17. The van der Waals surface area contributed by atoms with Crippen molar-refractivity contribution in [1.82, 2.24) is 10.2 Å². The second-order valence-electron chi connectivity index (χ2n) is 5.73. The summed E-state index contributed by atoms with van der Waals surface area (Å²) >= 11 is 5.98. The number of piperidine rings is 1. The minimum atomic E-state index is -0.238. The molecule has 3 N–H and O–H groups in total. The van der Waals surface area contributed by atoms with Crippen LogP contribution in [-0.2, 0) is 4.79 Å². The number of carbonyl (C=O) groups is 2. The summed E-state index contributed by atoms with van der Waals surface area (Å²) in [6.45, 7) is 3.63. The quantitative estimate of drug-likeness (QED) is 0.821. The number of nitrogens with two attached hydrogens (primary N) is 1. The molecule has 0 atom stereocenters. The van der Waals surface area contributed by atoms with Crippen LogP contribution >= 0.6 is 11.6 Å². The van der Waals surface area contributed by atoms with E-state index in [0.717, 1.165) is 25.9 Å². The number of benzene rings is 1. The second kappa shape index (κ2) is 7.55. The second-order valence-corrected chi connectivity index (χ2v) is 6.14. The third-order valence-corrected chi connectivity index (χ3v) is 4.50. The van der Waals surface area contributed by atoms with E-state index in [2.05, 4.69) is 5.32 Å². The maximum Gasteiger partial charge on any atom is 0.255 e. The van der Waals surface area contributed by atoms with E-state index in [9.17, 15) is 9.59 Å². The molecule has 2 rings (SSSR count). The van der Waals surface area contributed by atoms with Gasteiger partial charge in [-0.3, -0.25) is 9.59 Å². The summed E-state index contributed by atoms with van der Waals surface area (Å²) in [4.78, 5) is 25.5. The molecule has 0 radical (unpaired) electrons. The highest BCUT2D eigenvalue weighted by Gasteiger charge is 2.22. The topological polar surface area (TPSA) is 84.7 Å². The number of nitrogens with one attached hydrogen (secondary N) is 1. The predicted octanol–water partition coefficient (Wildman–Crippen LogP) is 1.92. The van der Waals surface area contributed by atoms with E-state index in [4.69, 9.17) is 22.1 Å². The SMILES string of the molecule is COc1cc(N)c(Cl)cc1C(=O)NCC1CCN(C(C)=O)CC1. The fourth-order valence-electron chi connectivity index (χ4n) is 2.70. The van der Waals surface area contributed by atoms with E-state index < -0.39 is 0 Å². The maximum absolute atomic E-state index is 12.3. The van der Waals surface area contributed by atoms with Crippen LogP contribution in [-0.4, -0.2) is 43.5 Å². The van der Waals surface area contributed by atoms with Gasteiger partial charge in [-0.15, -0.1) is 0 Å². The molecule has 0 aromatic heterocycles. The molecule has 1 aromatic carbocycles. The molecule has 6 nitrogen and oxygen atoms in total. The van der Waals surface area contributed by atoms with Gasteiger partial charge in [-0.2, -0.15) is 0 Å². The van der Waals surface area contributed by atoms with Crippen molar-refractivity contribution in [3.8, 4) is 5.75 Å². The molecule has 126 valence electrons. The largest absolute Gasteiger partial charge is 0.496 e. The molecule has 0 bridgehead atoms. The van der Waals surface area contributed by atoms with Crippen molar-refractivity contribution in [2.24, 2.45) is 5.92 Å². The average Bonchev–Trinajstić information content (AvgIpc) is 2.55. The molecule has 1 aromatic rings. The summed E-state index contributed by atoms with van der Waals surface area (Å²) in [5, 5.41) is 3.24. The number of hydrogen-bond donors (Lipinski definition) is 2. The first-order chi connectivity index (χ1) is 10.9. The first-order valence-electron chi connectivity index (χ1n) is 7.59. The van der Waals surface area contributed by atoms with Crippen LogP contribution < -0.4 is 15.8 Å². The molecule has 0 spiro atoms. The molecule has 1 saturated heterocycles. The molecule has 7 heteroatoms. The van der Waals surface area contributed by atoms with E-state index in [0.29, 0.717) is 34.5 Å². The molecule has 23 heavy (non-hydrogen) atoms. The number of halogens is 1. The Bertz CT molecular complexity index is 598. The van der Waals surface area contributed by atoms with Crippen LogP contribution in [0.1, 0.15) is 30.1 Å². The lowest BCUT2D eigenvalue weighted by molar-refractivity contribution is -0.130. The van der Waals surface area contributed by atoms with Gasteiger partial charge in [0.1, 0.15) is 5.75 Å². The Hall–Kier alpha value is -1.95.